The Morgan fingerprint density at radius 1 is 1.03 bits per heavy atom. The number of aromatic nitrogens is 2. The average molecular weight is 481 g/mol. The molecule has 0 aliphatic rings. The summed E-state index contributed by atoms with van der Waals surface area (Å²) in [5.41, 5.74) is 1.29. The van der Waals surface area contributed by atoms with Gasteiger partial charge in [-0.05, 0) is 43.2 Å². The third-order valence-electron chi connectivity index (χ3n) is 5.44. The van der Waals surface area contributed by atoms with Crippen LogP contribution in [0.1, 0.15) is 36.7 Å². The minimum Gasteiger partial charge on any atom is -0.494 e. The van der Waals surface area contributed by atoms with Crippen molar-refractivity contribution in [1.82, 2.24) is 15.1 Å². The normalized spacial score (nSPS) is 11.6. The third-order valence-corrected chi connectivity index (χ3v) is 5.44. The molecule has 35 heavy (non-hydrogen) atoms. The maximum absolute atomic E-state index is 13.2. The van der Waals surface area contributed by atoms with Crippen LogP contribution >= 0.6 is 0 Å². The van der Waals surface area contributed by atoms with Crippen molar-refractivity contribution in [2.75, 3.05) is 26.1 Å². The number of amides is 2. The van der Waals surface area contributed by atoms with Crippen LogP contribution in [0.4, 0.5) is 5.82 Å². The fourth-order valence-electron chi connectivity index (χ4n) is 3.64. The van der Waals surface area contributed by atoms with E-state index in [4.69, 9.17) is 14.2 Å². The molecule has 0 spiro atoms. The first-order valence-electron chi connectivity index (χ1n) is 11.4. The van der Waals surface area contributed by atoms with Crippen molar-refractivity contribution < 1.29 is 23.8 Å². The minimum atomic E-state index is -0.747. The van der Waals surface area contributed by atoms with E-state index in [1.54, 1.807) is 55.4 Å². The molecule has 1 aromatic heterocycles. The summed E-state index contributed by atoms with van der Waals surface area (Å²) < 4.78 is 17.9. The molecule has 9 nitrogen and oxygen atoms in total. The SMILES string of the molecule is CCOc1ccc(C(=O)N[C@H](C(=O)Nc2ccnn2Cc2cccc(OC)c2OC)C(C)C)cc1. The average Bonchev–Trinajstić information content (AvgIpc) is 3.28. The Labute approximate surface area is 205 Å². The Morgan fingerprint density at radius 3 is 2.40 bits per heavy atom. The lowest BCUT2D eigenvalue weighted by Gasteiger charge is -2.22. The van der Waals surface area contributed by atoms with E-state index in [0.717, 1.165) is 5.56 Å². The number of rotatable bonds is 11. The molecule has 3 aromatic rings. The van der Waals surface area contributed by atoms with Gasteiger partial charge in [-0.15, -0.1) is 0 Å². The van der Waals surface area contributed by atoms with Crippen LogP contribution in [-0.2, 0) is 11.3 Å². The number of carbonyl (C=O) groups is 2. The summed E-state index contributed by atoms with van der Waals surface area (Å²) in [6.45, 7) is 6.55. The lowest BCUT2D eigenvalue weighted by Crippen LogP contribution is -2.47. The molecule has 0 saturated carbocycles. The van der Waals surface area contributed by atoms with Gasteiger partial charge < -0.3 is 24.8 Å². The molecule has 0 aliphatic carbocycles. The summed E-state index contributed by atoms with van der Waals surface area (Å²) in [6, 6.07) is 13.3. The van der Waals surface area contributed by atoms with E-state index < -0.39 is 6.04 Å². The van der Waals surface area contributed by atoms with Crippen molar-refractivity contribution in [2.24, 2.45) is 5.92 Å². The molecule has 0 unspecified atom stereocenters. The number of ether oxygens (including phenoxy) is 3. The van der Waals surface area contributed by atoms with Crippen molar-refractivity contribution in [3.63, 3.8) is 0 Å². The van der Waals surface area contributed by atoms with Crippen molar-refractivity contribution in [2.45, 2.75) is 33.4 Å². The number of benzene rings is 2. The second kappa shape index (κ2) is 11.9. The van der Waals surface area contributed by atoms with E-state index in [0.29, 0.717) is 41.8 Å². The zero-order valence-electron chi connectivity index (χ0n) is 20.7. The van der Waals surface area contributed by atoms with Crippen LogP contribution < -0.4 is 24.8 Å². The van der Waals surface area contributed by atoms with Gasteiger partial charge >= 0.3 is 0 Å². The number of carbonyl (C=O) groups excluding carboxylic acids is 2. The highest BCUT2D eigenvalue weighted by Gasteiger charge is 2.26. The first kappa shape index (κ1) is 25.6. The lowest BCUT2D eigenvalue weighted by atomic mass is 10.0. The van der Waals surface area contributed by atoms with E-state index in [-0.39, 0.29) is 17.7 Å². The van der Waals surface area contributed by atoms with Crippen molar-refractivity contribution in [3.8, 4) is 17.2 Å². The van der Waals surface area contributed by atoms with Gasteiger partial charge in [-0.3, -0.25) is 9.59 Å². The van der Waals surface area contributed by atoms with Gasteiger partial charge in [0.1, 0.15) is 17.6 Å². The number of methoxy groups -OCH3 is 2. The highest BCUT2D eigenvalue weighted by Crippen LogP contribution is 2.31. The number of hydrogen-bond acceptors (Lipinski definition) is 6. The van der Waals surface area contributed by atoms with E-state index >= 15 is 0 Å². The van der Waals surface area contributed by atoms with Crippen LogP contribution in [0.5, 0.6) is 17.2 Å². The topological polar surface area (TPSA) is 104 Å². The summed E-state index contributed by atoms with van der Waals surface area (Å²) in [6.07, 6.45) is 1.60. The van der Waals surface area contributed by atoms with Crippen molar-refractivity contribution >= 4 is 17.6 Å². The molecule has 0 saturated heterocycles. The van der Waals surface area contributed by atoms with E-state index in [2.05, 4.69) is 15.7 Å². The fraction of sp³-hybridized carbons (Fsp3) is 0.346. The Bertz CT molecular complexity index is 1140. The molecule has 1 heterocycles. The minimum absolute atomic E-state index is 0.142. The molecule has 2 aromatic carbocycles. The zero-order valence-corrected chi connectivity index (χ0v) is 20.7. The molecule has 0 fully saturated rings. The quantitative estimate of drug-likeness (QED) is 0.433. The zero-order chi connectivity index (χ0) is 25.4. The van der Waals surface area contributed by atoms with Crippen LogP contribution in [0.2, 0.25) is 0 Å². The number of anilines is 1. The molecule has 0 aliphatic heterocycles. The lowest BCUT2D eigenvalue weighted by molar-refractivity contribution is -0.118. The third kappa shape index (κ3) is 6.32. The Morgan fingerprint density at radius 2 is 1.77 bits per heavy atom. The largest absolute Gasteiger partial charge is 0.494 e. The summed E-state index contributed by atoms with van der Waals surface area (Å²) in [5.74, 6) is 1.58. The molecular formula is C26H32N4O5. The van der Waals surface area contributed by atoms with Crippen LogP contribution in [0.15, 0.2) is 54.7 Å². The Kier molecular flexibility index (Phi) is 8.72. The molecular weight excluding hydrogens is 448 g/mol. The summed E-state index contributed by atoms with van der Waals surface area (Å²) in [4.78, 5) is 26.0. The van der Waals surface area contributed by atoms with Gasteiger partial charge in [-0.1, -0.05) is 26.0 Å². The first-order valence-corrected chi connectivity index (χ1v) is 11.4. The Hall–Kier alpha value is -4.01. The van der Waals surface area contributed by atoms with Gasteiger partial charge in [0.25, 0.3) is 5.91 Å². The van der Waals surface area contributed by atoms with Crippen molar-refractivity contribution in [1.29, 1.82) is 0 Å². The molecule has 2 amide bonds. The van der Waals surface area contributed by atoms with Crippen LogP contribution in [0.3, 0.4) is 0 Å². The predicted molar refractivity (Wildman–Crippen MR) is 133 cm³/mol. The summed E-state index contributed by atoms with van der Waals surface area (Å²) in [5, 5.41) is 10.1. The monoisotopic (exact) mass is 480 g/mol. The van der Waals surface area contributed by atoms with Gasteiger partial charge in [0.2, 0.25) is 5.91 Å². The number of nitrogens with zero attached hydrogens (tertiary/aromatic N) is 2. The van der Waals surface area contributed by atoms with E-state index in [9.17, 15) is 9.59 Å². The summed E-state index contributed by atoms with van der Waals surface area (Å²) in [7, 11) is 3.16. The van der Waals surface area contributed by atoms with E-state index in [1.807, 2.05) is 39.0 Å². The van der Waals surface area contributed by atoms with Crippen LogP contribution in [0.25, 0.3) is 0 Å². The molecule has 0 radical (unpaired) electrons. The maximum atomic E-state index is 13.2. The number of nitrogens with one attached hydrogen (secondary N) is 2. The highest BCUT2D eigenvalue weighted by molar-refractivity contribution is 6.01. The smallest absolute Gasteiger partial charge is 0.251 e. The molecule has 186 valence electrons. The van der Waals surface area contributed by atoms with E-state index in [1.165, 1.54) is 0 Å². The molecule has 9 heteroatoms. The van der Waals surface area contributed by atoms with Gasteiger partial charge in [0, 0.05) is 17.2 Å². The molecule has 2 N–H and O–H groups in total. The highest BCUT2D eigenvalue weighted by atomic mass is 16.5. The molecule has 1 atom stereocenters. The second-order valence-electron chi connectivity index (χ2n) is 8.17. The van der Waals surface area contributed by atoms with Gasteiger partial charge in [0.05, 0.1) is 33.6 Å². The number of para-hydroxylation sites is 1. The maximum Gasteiger partial charge on any atom is 0.251 e. The predicted octanol–water partition coefficient (Wildman–Crippen LogP) is 3.74. The van der Waals surface area contributed by atoms with Gasteiger partial charge in [0.15, 0.2) is 11.5 Å². The first-order chi connectivity index (χ1) is 16.9. The molecule has 3 rings (SSSR count). The Balaban J connectivity index is 1.72. The van der Waals surface area contributed by atoms with Gasteiger partial charge in [-0.25, -0.2) is 4.68 Å². The van der Waals surface area contributed by atoms with Crippen molar-refractivity contribution in [3.05, 3.63) is 65.9 Å². The summed E-state index contributed by atoms with van der Waals surface area (Å²) >= 11 is 0. The second-order valence-corrected chi connectivity index (χ2v) is 8.17. The fourth-order valence-corrected chi connectivity index (χ4v) is 3.64. The van der Waals surface area contributed by atoms with Crippen LogP contribution in [-0.4, -0.2) is 48.5 Å². The number of hydrogen-bond donors (Lipinski definition) is 2. The molecule has 0 bridgehead atoms. The van der Waals surface area contributed by atoms with Crippen LogP contribution in [0, 0.1) is 5.92 Å². The standard InChI is InChI=1S/C26H32N4O5/c1-6-35-20-12-10-18(11-13-20)25(31)29-23(17(2)3)26(32)28-22-14-15-27-30(22)16-19-8-7-9-21(33-4)24(19)34-5/h7-15,17,23H,6,16H2,1-5H3,(H,28,32)(H,29,31)/t23-/m0/s1. The van der Waals surface area contributed by atoms with Gasteiger partial charge in [-0.2, -0.15) is 5.10 Å².